The Morgan fingerprint density at radius 1 is 1.31 bits per heavy atom. The Hall–Kier alpha value is -1.61. The lowest BCUT2D eigenvalue weighted by atomic mass is 10.1. The molecule has 0 aliphatic carbocycles. The number of thiophene rings is 1. The molecule has 2 nitrogen and oxygen atoms in total. The minimum atomic E-state index is -0.847. The van der Waals surface area contributed by atoms with E-state index in [1.165, 1.54) is 22.5 Å². The summed E-state index contributed by atoms with van der Waals surface area (Å²) in [5.74, 6) is -0.847. The molecule has 0 radical (unpaired) electrons. The molecule has 1 aromatic carbocycles. The van der Waals surface area contributed by atoms with Crippen LogP contribution in [0, 0.1) is 6.92 Å². The molecule has 0 saturated heterocycles. The summed E-state index contributed by atoms with van der Waals surface area (Å²) in [7, 11) is 0. The fraction of sp³-hybridized carbons (Fsp3) is 0.154. The van der Waals surface area contributed by atoms with Crippen LogP contribution in [0.4, 0.5) is 0 Å². The third kappa shape index (κ3) is 2.49. The van der Waals surface area contributed by atoms with Crippen LogP contribution < -0.4 is 0 Å². The van der Waals surface area contributed by atoms with Crippen molar-refractivity contribution in [1.29, 1.82) is 0 Å². The maximum absolute atomic E-state index is 10.7. The van der Waals surface area contributed by atoms with E-state index in [2.05, 4.69) is 25.1 Å². The van der Waals surface area contributed by atoms with E-state index in [1.807, 2.05) is 11.4 Å². The maximum atomic E-state index is 10.7. The van der Waals surface area contributed by atoms with Gasteiger partial charge in [0.15, 0.2) is 0 Å². The van der Waals surface area contributed by atoms with Crippen molar-refractivity contribution >= 4 is 17.3 Å². The predicted octanol–water partition coefficient (Wildman–Crippen LogP) is 3.35. The lowest BCUT2D eigenvalue weighted by Gasteiger charge is -1.99. The number of carbonyl (C=O) groups is 1. The number of hydrogen-bond donors (Lipinski definition) is 1. The van der Waals surface area contributed by atoms with Gasteiger partial charge in [0, 0.05) is 0 Å². The molecule has 0 unspecified atom stereocenters. The molecule has 1 aromatic heterocycles. The van der Waals surface area contributed by atoms with Crippen LogP contribution in [0.1, 0.15) is 26.4 Å². The van der Waals surface area contributed by atoms with E-state index in [9.17, 15) is 4.79 Å². The minimum absolute atomic E-state index is 0.405. The van der Waals surface area contributed by atoms with Gasteiger partial charge in [0.1, 0.15) is 4.88 Å². The third-order valence-electron chi connectivity index (χ3n) is 2.36. The molecule has 0 atom stereocenters. The number of carboxylic acid groups (broad SMARTS) is 1. The Kier molecular flexibility index (Phi) is 3.06. The predicted molar refractivity (Wildman–Crippen MR) is 65.3 cm³/mol. The van der Waals surface area contributed by atoms with Crippen molar-refractivity contribution in [3.05, 3.63) is 57.3 Å². The average Bonchev–Trinajstić information content (AvgIpc) is 2.66. The highest BCUT2D eigenvalue weighted by atomic mass is 32.1. The van der Waals surface area contributed by atoms with Gasteiger partial charge in [-0.25, -0.2) is 4.79 Å². The summed E-state index contributed by atoms with van der Waals surface area (Å²) in [6, 6.07) is 10.0. The Morgan fingerprint density at radius 3 is 2.75 bits per heavy atom. The molecule has 3 heteroatoms. The summed E-state index contributed by atoms with van der Waals surface area (Å²) in [6.07, 6.45) is 0.797. The molecule has 2 rings (SSSR count). The van der Waals surface area contributed by atoms with Crippen molar-refractivity contribution in [3.8, 4) is 0 Å². The molecule has 0 bridgehead atoms. The summed E-state index contributed by atoms with van der Waals surface area (Å²) in [6.45, 7) is 2.06. The zero-order valence-electron chi connectivity index (χ0n) is 8.93. The van der Waals surface area contributed by atoms with Crippen LogP contribution in [0.5, 0.6) is 0 Å². The maximum Gasteiger partial charge on any atom is 0.345 e. The average molecular weight is 232 g/mol. The van der Waals surface area contributed by atoms with Crippen LogP contribution in [0.15, 0.2) is 35.7 Å². The van der Waals surface area contributed by atoms with Gasteiger partial charge < -0.3 is 5.11 Å². The van der Waals surface area contributed by atoms with Gasteiger partial charge in [-0.2, -0.15) is 0 Å². The van der Waals surface area contributed by atoms with E-state index in [4.69, 9.17) is 5.11 Å². The van der Waals surface area contributed by atoms with Gasteiger partial charge >= 0.3 is 5.97 Å². The molecule has 16 heavy (non-hydrogen) atoms. The van der Waals surface area contributed by atoms with Gasteiger partial charge in [-0.15, -0.1) is 11.3 Å². The molecule has 1 N–H and O–H groups in total. The third-order valence-corrected chi connectivity index (χ3v) is 3.32. The molecule has 0 amide bonds. The number of aryl methyl sites for hydroxylation is 1. The van der Waals surface area contributed by atoms with Gasteiger partial charge in [-0.05, 0) is 35.9 Å². The summed E-state index contributed by atoms with van der Waals surface area (Å²) < 4.78 is 0. The SMILES string of the molecule is Cc1cccc(Cc2csc(C(=O)O)c2)c1. The first kappa shape index (κ1) is 10.9. The Labute approximate surface area is 98.2 Å². The molecule has 1 heterocycles. The van der Waals surface area contributed by atoms with Crippen LogP contribution >= 0.6 is 11.3 Å². The summed E-state index contributed by atoms with van der Waals surface area (Å²) in [5.41, 5.74) is 3.51. The fourth-order valence-corrected chi connectivity index (χ4v) is 2.39. The molecule has 2 aromatic rings. The van der Waals surface area contributed by atoms with Crippen LogP contribution in [0.25, 0.3) is 0 Å². The molecule has 0 aliphatic rings. The van der Waals surface area contributed by atoms with Crippen LogP contribution in [-0.4, -0.2) is 11.1 Å². The molecule has 82 valence electrons. The molecule has 0 fully saturated rings. The van der Waals surface area contributed by atoms with Crippen molar-refractivity contribution < 1.29 is 9.90 Å². The van der Waals surface area contributed by atoms with Crippen molar-refractivity contribution in [3.63, 3.8) is 0 Å². The first-order valence-electron chi connectivity index (χ1n) is 5.01. The molecular weight excluding hydrogens is 220 g/mol. The second kappa shape index (κ2) is 4.49. The van der Waals surface area contributed by atoms with Crippen LogP contribution in [0.2, 0.25) is 0 Å². The van der Waals surface area contributed by atoms with Crippen LogP contribution in [-0.2, 0) is 6.42 Å². The second-order valence-corrected chi connectivity index (χ2v) is 4.70. The van der Waals surface area contributed by atoms with Gasteiger partial charge in [0.05, 0.1) is 0 Å². The molecule has 0 aliphatic heterocycles. The van der Waals surface area contributed by atoms with E-state index >= 15 is 0 Å². The summed E-state index contributed by atoms with van der Waals surface area (Å²) in [4.78, 5) is 11.1. The van der Waals surface area contributed by atoms with Crippen LogP contribution in [0.3, 0.4) is 0 Å². The zero-order chi connectivity index (χ0) is 11.5. The topological polar surface area (TPSA) is 37.3 Å². The Morgan fingerprint density at radius 2 is 2.12 bits per heavy atom. The van der Waals surface area contributed by atoms with Crippen molar-refractivity contribution in [2.45, 2.75) is 13.3 Å². The van der Waals surface area contributed by atoms with E-state index < -0.39 is 5.97 Å². The fourth-order valence-electron chi connectivity index (χ4n) is 1.64. The summed E-state index contributed by atoms with van der Waals surface area (Å²) in [5, 5.41) is 10.7. The molecular formula is C13H12O2S. The van der Waals surface area contributed by atoms with E-state index in [0.717, 1.165) is 12.0 Å². The second-order valence-electron chi connectivity index (χ2n) is 3.79. The minimum Gasteiger partial charge on any atom is -0.477 e. The lowest BCUT2D eigenvalue weighted by Crippen LogP contribution is -1.91. The highest BCUT2D eigenvalue weighted by molar-refractivity contribution is 7.12. The molecule has 0 spiro atoms. The number of rotatable bonds is 3. The number of carboxylic acids is 1. The molecule has 0 saturated carbocycles. The van der Waals surface area contributed by atoms with E-state index in [-0.39, 0.29) is 0 Å². The van der Waals surface area contributed by atoms with Crippen molar-refractivity contribution in [2.24, 2.45) is 0 Å². The standard InChI is InChI=1S/C13H12O2S/c1-9-3-2-4-10(5-9)6-11-7-12(13(14)15)16-8-11/h2-5,7-8H,6H2,1H3,(H,14,15). The number of benzene rings is 1. The van der Waals surface area contributed by atoms with Crippen molar-refractivity contribution in [2.75, 3.05) is 0 Å². The lowest BCUT2D eigenvalue weighted by molar-refractivity contribution is 0.0702. The van der Waals surface area contributed by atoms with Gasteiger partial charge in [0.2, 0.25) is 0 Å². The highest BCUT2D eigenvalue weighted by Crippen LogP contribution is 2.18. The van der Waals surface area contributed by atoms with Gasteiger partial charge in [-0.3, -0.25) is 0 Å². The zero-order valence-corrected chi connectivity index (χ0v) is 9.75. The highest BCUT2D eigenvalue weighted by Gasteiger charge is 2.06. The normalized spacial score (nSPS) is 10.3. The first-order valence-corrected chi connectivity index (χ1v) is 5.89. The van der Waals surface area contributed by atoms with Gasteiger partial charge in [-0.1, -0.05) is 29.8 Å². The monoisotopic (exact) mass is 232 g/mol. The largest absolute Gasteiger partial charge is 0.477 e. The van der Waals surface area contributed by atoms with Gasteiger partial charge in [0.25, 0.3) is 0 Å². The Bertz CT molecular complexity index is 514. The number of hydrogen-bond acceptors (Lipinski definition) is 2. The van der Waals surface area contributed by atoms with E-state index in [1.54, 1.807) is 6.07 Å². The number of aromatic carboxylic acids is 1. The smallest absolute Gasteiger partial charge is 0.345 e. The first-order chi connectivity index (χ1) is 7.65. The summed E-state index contributed by atoms with van der Waals surface area (Å²) >= 11 is 1.28. The van der Waals surface area contributed by atoms with Crippen molar-refractivity contribution in [1.82, 2.24) is 0 Å². The Balaban J connectivity index is 2.17. The quantitative estimate of drug-likeness (QED) is 0.881. The van der Waals surface area contributed by atoms with E-state index in [0.29, 0.717) is 4.88 Å².